The van der Waals surface area contributed by atoms with E-state index < -0.39 is 17.3 Å². The molecule has 0 saturated heterocycles. The van der Waals surface area contributed by atoms with Gasteiger partial charge in [-0.05, 0) is 44.0 Å². The van der Waals surface area contributed by atoms with Gasteiger partial charge < -0.3 is 14.8 Å². The molecule has 0 radical (unpaired) electrons. The standard InChI is InChI=1S/C11H14ClNO4/c1-11(2,10(15)16)5-6-13-9(14)7-3-4-8(12)17-7/h3-4H,5-6H2,1-2H3,(H,13,14)(H,15,16). The first kappa shape index (κ1) is 13.6. The van der Waals surface area contributed by atoms with Crippen molar-refractivity contribution < 1.29 is 19.1 Å². The lowest BCUT2D eigenvalue weighted by Crippen LogP contribution is -2.31. The highest BCUT2D eigenvalue weighted by molar-refractivity contribution is 6.29. The molecule has 0 aliphatic heterocycles. The fourth-order valence-corrected chi connectivity index (χ4v) is 1.27. The Bertz CT molecular complexity index is 425. The van der Waals surface area contributed by atoms with E-state index in [1.807, 2.05) is 0 Å². The summed E-state index contributed by atoms with van der Waals surface area (Å²) in [5, 5.41) is 11.6. The van der Waals surface area contributed by atoms with Gasteiger partial charge in [-0.25, -0.2) is 0 Å². The molecule has 1 rings (SSSR count). The summed E-state index contributed by atoms with van der Waals surface area (Å²) in [5.41, 5.74) is -0.867. The Labute approximate surface area is 104 Å². The maximum absolute atomic E-state index is 11.5. The number of carboxylic acids is 1. The second kappa shape index (κ2) is 5.23. The van der Waals surface area contributed by atoms with Crippen molar-refractivity contribution in [1.82, 2.24) is 5.32 Å². The fourth-order valence-electron chi connectivity index (χ4n) is 1.12. The molecular formula is C11H14ClNO4. The molecule has 0 unspecified atom stereocenters. The summed E-state index contributed by atoms with van der Waals surface area (Å²) in [6, 6.07) is 2.93. The average molecular weight is 260 g/mol. The first-order valence-corrected chi connectivity index (χ1v) is 5.47. The van der Waals surface area contributed by atoms with E-state index in [1.54, 1.807) is 13.8 Å². The van der Waals surface area contributed by atoms with E-state index in [-0.39, 0.29) is 17.5 Å². The molecule has 5 nitrogen and oxygen atoms in total. The van der Waals surface area contributed by atoms with Gasteiger partial charge in [-0.1, -0.05) is 0 Å². The molecule has 0 aliphatic rings. The molecular weight excluding hydrogens is 246 g/mol. The van der Waals surface area contributed by atoms with Crippen LogP contribution in [0.1, 0.15) is 30.8 Å². The summed E-state index contributed by atoms with van der Waals surface area (Å²) in [5.74, 6) is -1.19. The molecule has 1 aromatic heterocycles. The van der Waals surface area contributed by atoms with E-state index in [0.29, 0.717) is 6.42 Å². The number of carboxylic acid groups (broad SMARTS) is 1. The number of rotatable bonds is 5. The molecule has 0 aromatic carbocycles. The largest absolute Gasteiger partial charge is 0.481 e. The second-order valence-corrected chi connectivity index (χ2v) is 4.67. The zero-order valence-electron chi connectivity index (χ0n) is 9.62. The van der Waals surface area contributed by atoms with Crippen LogP contribution in [-0.2, 0) is 4.79 Å². The molecule has 2 N–H and O–H groups in total. The quantitative estimate of drug-likeness (QED) is 0.849. The molecule has 0 fully saturated rings. The van der Waals surface area contributed by atoms with Gasteiger partial charge in [0.1, 0.15) is 0 Å². The van der Waals surface area contributed by atoms with Gasteiger partial charge in [0.15, 0.2) is 11.0 Å². The van der Waals surface area contributed by atoms with Gasteiger partial charge in [-0.2, -0.15) is 0 Å². The van der Waals surface area contributed by atoms with E-state index in [4.69, 9.17) is 21.1 Å². The molecule has 17 heavy (non-hydrogen) atoms. The SMILES string of the molecule is CC(C)(CCNC(=O)c1ccc(Cl)o1)C(=O)O. The van der Waals surface area contributed by atoms with Crippen LogP contribution >= 0.6 is 11.6 Å². The smallest absolute Gasteiger partial charge is 0.309 e. The monoisotopic (exact) mass is 259 g/mol. The van der Waals surface area contributed by atoms with Crippen LogP contribution in [0.25, 0.3) is 0 Å². The molecule has 1 heterocycles. The summed E-state index contributed by atoms with van der Waals surface area (Å²) < 4.78 is 4.91. The number of hydrogen-bond donors (Lipinski definition) is 2. The zero-order chi connectivity index (χ0) is 13.1. The predicted molar refractivity (Wildman–Crippen MR) is 62.1 cm³/mol. The second-order valence-electron chi connectivity index (χ2n) is 4.30. The van der Waals surface area contributed by atoms with Crippen molar-refractivity contribution >= 4 is 23.5 Å². The Morgan fingerprint density at radius 3 is 2.59 bits per heavy atom. The molecule has 1 amide bonds. The Kier molecular flexibility index (Phi) is 4.17. The first-order chi connectivity index (χ1) is 7.83. The zero-order valence-corrected chi connectivity index (χ0v) is 10.4. The van der Waals surface area contributed by atoms with E-state index >= 15 is 0 Å². The van der Waals surface area contributed by atoms with Crippen LogP contribution in [0.15, 0.2) is 16.5 Å². The Balaban J connectivity index is 2.42. The van der Waals surface area contributed by atoms with Crippen LogP contribution in [0, 0.1) is 5.41 Å². The van der Waals surface area contributed by atoms with Crippen LogP contribution in [0.2, 0.25) is 5.22 Å². The maximum atomic E-state index is 11.5. The normalized spacial score (nSPS) is 11.2. The summed E-state index contributed by atoms with van der Waals surface area (Å²) in [7, 11) is 0. The highest BCUT2D eigenvalue weighted by Gasteiger charge is 2.26. The van der Waals surface area contributed by atoms with E-state index in [1.165, 1.54) is 12.1 Å². The van der Waals surface area contributed by atoms with Gasteiger partial charge >= 0.3 is 5.97 Å². The van der Waals surface area contributed by atoms with E-state index in [2.05, 4.69) is 5.32 Å². The van der Waals surface area contributed by atoms with Crippen LogP contribution in [0.4, 0.5) is 0 Å². The number of carbonyl (C=O) groups is 2. The highest BCUT2D eigenvalue weighted by Crippen LogP contribution is 2.19. The summed E-state index contributed by atoms with van der Waals surface area (Å²) >= 11 is 5.53. The molecule has 0 aliphatic carbocycles. The lowest BCUT2D eigenvalue weighted by molar-refractivity contribution is -0.147. The third-order valence-electron chi connectivity index (χ3n) is 2.41. The van der Waals surface area contributed by atoms with Gasteiger partial charge in [0.05, 0.1) is 5.41 Å². The maximum Gasteiger partial charge on any atom is 0.309 e. The molecule has 1 aromatic rings. The number of furan rings is 1. The fraction of sp³-hybridized carbons (Fsp3) is 0.455. The summed E-state index contributed by atoms with van der Waals surface area (Å²) in [6.07, 6.45) is 0.336. The first-order valence-electron chi connectivity index (χ1n) is 5.10. The van der Waals surface area contributed by atoms with Gasteiger partial charge in [-0.15, -0.1) is 0 Å². The predicted octanol–water partition coefficient (Wildman–Crippen LogP) is 2.16. The van der Waals surface area contributed by atoms with Gasteiger partial charge in [0.2, 0.25) is 0 Å². The topological polar surface area (TPSA) is 79.5 Å². The van der Waals surface area contributed by atoms with Gasteiger partial charge in [0, 0.05) is 6.54 Å². The number of nitrogens with one attached hydrogen (secondary N) is 1. The van der Waals surface area contributed by atoms with Gasteiger partial charge in [-0.3, -0.25) is 9.59 Å². The van der Waals surface area contributed by atoms with Crippen molar-refractivity contribution in [2.24, 2.45) is 5.41 Å². The van der Waals surface area contributed by atoms with Crippen LogP contribution in [-0.4, -0.2) is 23.5 Å². The number of hydrogen-bond acceptors (Lipinski definition) is 3. The van der Waals surface area contributed by atoms with Crippen molar-refractivity contribution in [1.29, 1.82) is 0 Å². The Hall–Kier alpha value is -1.49. The Morgan fingerprint density at radius 1 is 1.47 bits per heavy atom. The van der Waals surface area contributed by atoms with Crippen LogP contribution in [0.5, 0.6) is 0 Å². The summed E-state index contributed by atoms with van der Waals surface area (Å²) in [4.78, 5) is 22.3. The lowest BCUT2D eigenvalue weighted by Gasteiger charge is -2.18. The van der Waals surface area contributed by atoms with Gasteiger partial charge in [0.25, 0.3) is 5.91 Å². The molecule has 6 heteroatoms. The highest BCUT2D eigenvalue weighted by atomic mass is 35.5. The number of amides is 1. The van der Waals surface area contributed by atoms with Crippen molar-refractivity contribution in [2.75, 3.05) is 6.54 Å². The average Bonchev–Trinajstić information content (AvgIpc) is 2.64. The van der Waals surface area contributed by atoms with Crippen molar-refractivity contribution in [3.05, 3.63) is 23.1 Å². The minimum atomic E-state index is -0.896. The van der Waals surface area contributed by atoms with E-state index in [0.717, 1.165) is 0 Å². The Morgan fingerprint density at radius 2 is 2.12 bits per heavy atom. The third-order valence-corrected chi connectivity index (χ3v) is 2.61. The molecule has 0 spiro atoms. The number of halogens is 1. The van der Waals surface area contributed by atoms with E-state index in [9.17, 15) is 9.59 Å². The molecule has 94 valence electrons. The summed E-state index contributed by atoms with van der Waals surface area (Å²) in [6.45, 7) is 3.47. The molecule has 0 bridgehead atoms. The van der Waals surface area contributed by atoms with Crippen LogP contribution in [0.3, 0.4) is 0 Å². The third kappa shape index (κ3) is 3.78. The van der Waals surface area contributed by atoms with Crippen molar-refractivity contribution in [2.45, 2.75) is 20.3 Å². The lowest BCUT2D eigenvalue weighted by atomic mass is 9.90. The number of aliphatic carboxylic acids is 1. The van der Waals surface area contributed by atoms with Crippen LogP contribution < -0.4 is 5.32 Å². The molecule has 0 atom stereocenters. The number of carbonyl (C=O) groups excluding carboxylic acids is 1. The molecule has 0 saturated carbocycles. The minimum absolute atomic E-state index is 0.114. The van der Waals surface area contributed by atoms with Crippen molar-refractivity contribution in [3.63, 3.8) is 0 Å². The minimum Gasteiger partial charge on any atom is -0.481 e. The van der Waals surface area contributed by atoms with Crippen molar-refractivity contribution in [3.8, 4) is 0 Å².